The Morgan fingerprint density at radius 1 is 0.759 bits per heavy atom. The van der Waals surface area contributed by atoms with Gasteiger partial charge in [0.25, 0.3) is 0 Å². The highest BCUT2D eigenvalue weighted by Gasteiger charge is 2.51. The number of hydrogen-bond donors (Lipinski definition) is 0. The molecule has 3 aromatic carbocycles. The third-order valence-corrected chi connectivity index (χ3v) is 6.53. The Morgan fingerprint density at radius 3 is 2.00 bits per heavy atom. The fourth-order valence-corrected chi connectivity index (χ4v) is 4.17. The van der Waals surface area contributed by atoms with Crippen LogP contribution in [0.1, 0.15) is 27.7 Å². The second-order valence-corrected chi connectivity index (χ2v) is 9.13. The van der Waals surface area contributed by atoms with Crippen molar-refractivity contribution in [1.82, 2.24) is 4.57 Å². The Bertz CT molecular complexity index is 1210. The molecule has 0 spiro atoms. The molecule has 5 heteroatoms. The molecule has 4 aromatic rings. The summed E-state index contributed by atoms with van der Waals surface area (Å²) < 4.78 is 14.8. The van der Waals surface area contributed by atoms with E-state index in [1.807, 2.05) is 18.2 Å². The zero-order valence-electron chi connectivity index (χ0n) is 17.1. The van der Waals surface area contributed by atoms with Crippen molar-refractivity contribution < 1.29 is 9.31 Å². The Kier molecular flexibility index (Phi) is 4.11. The molecule has 1 aliphatic heterocycles. The van der Waals surface area contributed by atoms with Gasteiger partial charge in [0.05, 0.1) is 22.2 Å². The topological polar surface area (TPSA) is 23.4 Å². The zero-order chi connectivity index (χ0) is 20.4. The van der Waals surface area contributed by atoms with Crippen molar-refractivity contribution in [3.8, 4) is 5.69 Å². The predicted molar refractivity (Wildman–Crippen MR) is 122 cm³/mol. The monoisotopic (exact) mass is 403 g/mol. The highest BCUT2D eigenvalue weighted by molar-refractivity contribution is 6.62. The van der Waals surface area contributed by atoms with E-state index >= 15 is 0 Å². The molecule has 1 aromatic heterocycles. The van der Waals surface area contributed by atoms with Crippen molar-refractivity contribution in [1.29, 1.82) is 0 Å². The number of benzene rings is 3. The van der Waals surface area contributed by atoms with Crippen LogP contribution in [0, 0.1) is 0 Å². The number of rotatable bonds is 2. The van der Waals surface area contributed by atoms with Crippen LogP contribution >= 0.6 is 11.6 Å². The number of halogens is 1. The molecule has 0 radical (unpaired) electrons. The van der Waals surface area contributed by atoms with Gasteiger partial charge in [0.15, 0.2) is 0 Å². The first-order valence-electron chi connectivity index (χ1n) is 9.91. The lowest BCUT2D eigenvalue weighted by molar-refractivity contribution is 0.00578. The highest BCUT2D eigenvalue weighted by atomic mass is 35.5. The summed E-state index contributed by atoms with van der Waals surface area (Å²) in [5.41, 5.74) is 3.67. The molecular formula is C24H23BClNO2. The summed E-state index contributed by atoms with van der Waals surface area (Å²) in [5, 5.41) is 2.99. The van der Waals surface area contributed by atoms with Crippen LogP contribution in [0.15, 0.2) is 66.7 Å². The molecule has 1 saturated heterocycles. The average molecular weight is 404 g/mol. The van der Waals surface area contributed by atoms with Crippen LogP contribution in [-0.4, -0.2) is 22.9 Å². The van der Waals surface area contributed by atoms with Gasteiger partial charge >= 0.3 is 7.12 Å². The predicted octanol–water partition coefficient (Wildman–Crippen LogP) is 5.74. The van der Waals surface area contributed by atoms with E-state index in [4.69, 9.17) is 20.9 Å². The molecule has 0 N–H and O–H groups in total. The lowest BCUT2D eigenvalue weighted by atomic mass is 9.78. The second-order valence-electron chi connectivity index (χ2n) is 8.70. The zero-order valence-corrected chi connectivity index (χ0v) is 17.8. The van der Waals surface area contributed by atoms with Crippen LogP contribution in [-0.2, 0) is 9.31 Å². The van der Waals surface area contributed by atoms with Gasteiger partial charge in [-0.05, 0) is 69.6 Å². The molecule has 2 heterocycles. The number of hydrogen-bond acceptors (Lipinski definition) is 2. The minimum atomic E-state index is -0.390. The van der Waals surface area contributed by atoms with E-state index in [0.717, 1.165) is 38.0 Å². The summed E-state index contributed by atoms with van der Waals surface area (Å²) in [5.74, 6) is 0. The lowest BCUT2D eigenvalue weighted by Gasteiger charge is -2.32. The molecule has 1 aliphatic rings. The van der Waals surface area contributed by atoms with Crippen LogP contribution in [0.5, 0.6) is 0 Å². The van der Waals surface area contributed by atoms with E-state index in [9.17, 15) is 0 Å². The van der Waals surface area contributed by atoms with Crippen LogP contribution in [0.2, 0.25) is 5.02 Å². The van der Waals surface area contributed by atoms with Gasteiger partial charge in [0, 0.05) is 21.5 Å². The first-order chi connectivity index (χ1) is 13.8. The third-order valence-electron chi connectivity index (χ3n) is 6.29. The first kappa shape index (κ1) is 18.7. The minimum Gasteiger partial charge on any atom is -0.399 e. The third kappa shape index (κ3) is 2.90. The summed E-state index contributed by atoms with van der Waals surface area (Å²) in [6.07, 6.45) is 0. The smallest absolute Gasteiger partial charge is 0.399 e. The van der Waals surface area contributed by atoms with Gasteiger partial charge in [-0.3, -0.25) is 0 Å². The number of para-hydroxylation sites is 1. The fourth-order valence-electron chi connectivity index (χ4n) is 3.99. The van der Waals surface area contributed by atoms with Gasteiger partial charge in [0.1, 0.15) is 0 Å². The van der Waals surface area contributed by atoms with Gasteiger partial charge in [-0.15, -0.1) is 0 Å². The minimum absolute atomic E-state index is 0.367. The van der Waals surface area contributed by atoms with E-state index in [-0.39, 0.29) is 11.2 Å². The normalized spacial score (nSPS) is 18.0. The van der Waals surface area contributed by atoms with E-state index < -0.39 is 7.12 Å². The Morgan fingerprint density at radius 2 is 1.34 bits per heavy atom. The van der Waals surface area contributed by atoms with Crippen LogP contribution in [0.4, 0.5) is 0 Å². The van der Waals surface area contributed by atoms with Crippen molar-refractivity contribution in [2.75, 3.05) is 0 Å². The Balaban J connectivity index is 1.73. The highest BCUT2D eigenvalue weighted by Crippen LogP contribution is 2.38. The maximum Gasteiger partial charge on any atom is 0.494 e. The summed E-state index contributed by atoms with van der Waals surface area (Å²) in [6, 6.07) is 22.9. The second kappa shape index (κ2) is 6.37. The molecule has 0 atom stereocenters. The van der Waals surface area contributed by atoms with E-state index in [2.05, 4.69) is 80.8 Å². The van der Waals surface area contributed by atoms with Crippen molar-refractivity contribution >= 4 is 46.0 Å². The molecule has 0 unspecified atom stereocenters. The molecular weight excluding hydrogens is 381 g/mol. The van der Waals surface area contributed by atoms with Crippen molar-refractivity contribution in [2.45, 2.75) is 38.9 Å². The van der Waals surface area contributed by atoms with Gasteiger partial charge < -0.3 is 13.9 Å². The van der Waals surface area contributed by atoms with Gasteiger partial charge in [-0.1, -0.05) is 41.9 Å². The van der Waals surface area contributed by atoms with Crippen LogP contribution in [0.3, 0.4) is 0 Å². The quantitative estimate of drug-likeness (QED) is 0.399. The van der Waals surface area contributed by atoms with E-state index in [1.165, 1.54) is 0 Å². The molecule has 0 amide bonds. The first-order valence-corrected chi connectivity index (χ1v) is 10.3. The largest absolute Gasteiger partial charge is 0.494 e. The van der Waals surface area contributed by atoms with Gasteiger partial charge in [0.2, 0.25) is 0 Å². The number of nitrogens with zero attached hydrogens (tertiary/aromatic N) is 1. The molecule has 3 nitrogen and oxygen atoms in total. The average Bonchev–Trinajstić information content (AvgIpc) is 3.12. The molecule has 0 aliphatic carbocycles. The summed E-state index contributed by atoms with van der Waals surface area (Å²) in [6.45, 7) is 8.30. The maximum atomic E-state index is 6.36. The summed E-state index contributed by atoms with van der Waals surface area (Å²) >= 11 is 6.36. The molecule has 0 saturated carbocycles. The Hall–Kier alpha value is -2.27. The van der Waals surface area contributed by atoms with Crippen molar-refractivity contribution in [2.24, 2.45) is 0 Å². The standard InChI is InChI=1S/C24H23BClNO2/c1-23(2)24(3,4)29-25(28-23)16-10-12-21-19(14-16)20-15-17(26)11-13-22(20)27(21)18-8-6-5-7-9-18/h5-15H,1-4H3. The number of aromatic nitrogens is 1. The molecule has 0 bridgehead atoms. The number of fused-ring (bicyclic) bond motifs is 3. The maximum absolute atomic E-state index is 6.36. The Labute approximate surface area is 176 Å². The van der Waals surface area contributed by atoms with Crippen LogP contribution in [0.25, 0.3) is 27.5 Å². The fraction of sp³-hybridized carbons (Fsp3) is 0.250. The SMILES string of the molecule is CC1(C)OB(c2ccc3c(c2)c2cc(Cl)ccc2n3-c2ccccc2)OC1(C)C. The summed E-state index contributed by atoms with van der Waals surface area (Å²) in [7, 11) is -0.390. The summed E-state index contributed by atoms with van der Waals surface area (Å²) in [4.78, 5) is 0. The lowest BCUT2D eigenvalue weighted by Crippen LogP contribution is -2.41. The van der Waals surface area contributed by atoms with Crippen molar-refractivity contribution in [3.63, 3.8) is 0 Å². The molecule has 146 valence electrons. The molecule has 29 heavy (non-hydrogen) atoms. The van der Waals surface area contributed by atoms with Crippen LogP contribution < -0.4 is 5.46 Å². The van der Waals surface area contributed by atoms with E-state index in [0.29, 0.717) is 0 Å². The van der Waals surface area contributed by atoms with Crippen molar-refractivity contribution in [3.05, 3.63) is 71.8 Å². The van der Waals surface area contributed by atoms with Gasteiger partial charge in [-0.25, -0.2) is 0 Å². The van der Waals surface area contributed by atoms with Gasteiger partial charge in [-0.2, -0.15) is 0 Å². The van der Waals surface area contributed by atoms with E-state index in [1.54, 1.807) is 0 Å². The molecule has 1 fully saturated rings. The molecule has 5 rings (SSSR count).